The summed E-state index contributed by atoms with van der Waals surface area (Å²) in [5.41, 5.74) is 5.48. The Labute approximate surface area is 69.3 Å². The number of aliphatic hydroxyl groups is 1. The predicted molar refractivity (Wildman–Crippen MR) is 46.9 cm³/mol. The fourth-order valence-electron chi connectivity index (χ4n) is 0.699. The maximum absolute atomic E-state index is 8.61. The lowest BCUT2D eigenvalue weighted by Gasteiger charge is -2.12. The normalized spacial score (nSPS) is 10.0. The van der Waals surface area contributed by atoms with Crippen molar-refractivity contribution in [1.29, 1.82) is 0 Å². The average Bonchev–Trinajstić information content (AvgIpc) is 2.36. The number of aromatic nitrogens is 1. The zero-order valence-electron chi connectivity index (χ0n) is 6.32. The molecule has 1 aromatic rings. The van der Waals surface area contributed by atoms with Crippen LogP contribution >= 0.6 is 11.3 Å². The second-order valence-corrected chi connectivity index (χ2v) is 3.23. The molecule has 62 valence electrons. The molecule has 0 unspecified atom stereocenters. The molecule has 0 radical (unpaired) electrons. The molecule has 1 aromatic heterocycles. The molecule has 0 saturated heterocycles. The highest BCUT2D eigenvalue weighted by molar-refractivity contribution is 7.19. The van der Waals surface area contributed by atoms with Gasteiger partial charge in [0, 0.05) is 13.6 Å². The monoisotopic (exact) mass is 173 g/mol. The lowest BCUT2D eigenvalue weighted by molar-refractivity contribution is 0.304. The van der Waals surface area contributed by atoms with Crippen molar-refractivity contribution in [3.63, 3.8) is 0 Å². The van der Waals surface area contributed by atoms with E-state index in [-0.39, 0.29) is 6.61 Å². The molecule has 0 aliphatic carbocycles. The molecular weight excluding hydrogens is 162 g/mol. The summed E-state index contributed by atoms with van der Waals surface area (Å²) in [6, 6.07) is 0. The molecule has 0 saturated carbocycles. The number of anilines is 2. The van der Waals surface area contributed by atoms with Gasteiger partial charge in [-0.2, -0.15) is 0 Å². The van der Waals surface area contributed by atoms with Crippen molar-refractivity contribution >= 4 is 21.5 Å². The molecule has 5 heteroatoms. The van der Waals surface area contributed by atoms with Crippen molar-refractivity contribution in [2.45, 2.75) is 0 Å². The van der Waals surface area contributed by atoms with Crippen molar-refractivity contribution in [3.8, 4) is 0 Å². The van der Waals surface area contributed by atoms with Gasteiger partial charge in [-0.15, -0.1) is 0 Å². The molecule has 11 heavy (non-hydrogen) atoms. The standard InChI is InChI=1S/C6H11N3OS/c1-9(2-3-10)6-8-4-5(7)11-6/h4,10H,2-3,7H2,1H3. The van der Waals surface area contributed by atoms with Crippen LogP contribution in [0.3, 0.4) is 0 Å². The fourth-order valence-corrected chi connectivity index (χ4v) is 1.37. The van der Waals surface area contributed by atoms with Gasteiger partial charge < -0.3 is 15.7 Å². The molecule has 4 nitrogen and oxygen atoms in total. The first-order valence-electron chi connectivity index (χ1n) is 3.27. The van der Waals surface area contributed by atoms with Crippen molar-refractivity contribution in [2.75, 3.05) is 30.8 Å². The first-order valence-corrected chi connectivity index (χ1v) is 4.09. The molecule has 0 aromatic carbocycles. The number of nitrogen functional groups attached to an aromatic ring is 1. The van der Waals surface area contributed by atoms with Crippen molar-refractivity contribution in [2.24, 2.45) is 0 Å². The molecule has 1 heterocycles. The van der Waals surface area contributed by atoms with Crippen LogP contribution in [0.4, 0.5) is 10.1 Å². The summed E-state index contributed by atoms with van der Waals surface area (Å²) in [5, 5.41) is 10.2. The zero-order chi connectivity index (χ0) is 8.27. The Morgan fingerprint density at radius 2 is 2.55 bits per heavy atom. The second-order valence-electron chi connectivity index (χ2n) is 2.19. The smallest absolute Gasteiger partial charge is 0.187 e. The quantitative estimate of drug-likeness (QED) is 0.683. The summed E-state index contributed by atoms with van der Waals surface area (Å²) in [5.74, 6) is 0. The Morgan fingerprint density at radius 1 is 1.82 bits per heavy atom. The highest BCUT2D eigenvalue weighted by atomic mass is 32.1. The van der Waals surface area contributed by atoms with E-state index in [2.05, 4.69) is 4.98 Å². The molecule has 0 amide bonds. The molecule has 0 spiro atoms. The molecule has 0 bridgehead atoms. The van der Waals surface area contributed by atoms with Gasteiger partial charge in [-0.3, -0.25) is 0 Å². The summed E-state index contributed by atoms with van der Waals surface area (Å²) in [6.45, 7) is 0.725. The van der Waals surface area contributed by atoms with E-state index in [4.69, 9.17) is 10.8 Å². The highest BCUT2D eigenvalue weighted by Crippen LogP contribution is 2.22. The van der Waals surface area contributed by atoms with Gasteiger partial charge in [0.1, 0.15) is 5.00 Å². The van der Waals surface area contributed by atoms with E-state index in [1.54, 1.807) is 6.20 Å². The van der Waals surface area contributed by atoms with Crippen LogP contribution in [0, 0.1) is 0 Å². The lowest BCUT2D eigenvalue weighted by Crippen LogP contribution is -2.20. The Bertz CT molecular complexity index is 225. The van der Waals surface area contributed by atoms with E-state index < -0.39 is 0 Å². The number of rotatable bonds is 3. The molecule has 1 rings (SSSR count). The maximum atomic E-state index is 8.61. The third-order valence-electron chi connectivity index (χ3n) is 1.27. The molecular formula is C6H11N3OS. The minimum Gasteiger partial charge on any atom is -0.395 e. The summed E-state index contributed by atoms with van der Waals surface area (Å²) in [6.07, 6.45) is 1.62. The predicted octanol–water partition coefficient (Wildman–Crippen LogP) is 0.154. The van der Waals surface area contributed by atoms with E-state index in [0.29, 0.717) is 11.5 Å². The van der Waals surface area contributed by atoms with Gasteiger partial charge in [-0.1, -0.05) is 11.3 Å². The van der Waals surface area contributed by atoms with Crippen LogP contribution in [0.25, 0.3) is 0 Å². The first-order chi connectivity index (χ1) is 5.24. The number of hydrogen-bond donors (Lipinski definition) is 2. The molecule has 0 atom stereocenters. The number of likely N-dealkylation sites (N-methyl/N-ethyl adjacent to an activating group) is 1. The van der Waals surface area contributed by atoms with Gasteiger partial charge in [-0.25, -0.2) is 4.98 Å². The van der Waals surface area contributed by atoms with E-state index in [1.165, 1.54) is 11.3 Å². The average molecular weight is 173 g/mol. The summed E-state index contributed by atoms with van der Waals surface area (Å²) in [4.78, 5) is 5.90. The van der Waals surface area contributed by atoms with Crippen LogP contribution in [0.15, 0.2) is 6.20 Å². The Morgan fingerprint density at radius 3 is 3.00 bits per heavy atom. The number of aliphatic hydroxyl groups excluding tert-OH is 1. The zero-order valence-corrected chi connectivity index (χ0v) is 7.14. The number of hydrogen-bond acceptors (Lipinski definition) is 5. The van der Waals surface area contributed by atoms with Crippen molar-refractivity contribution in [3.05, 3.63) is 6.20 Å². The van der Waals surface area contributed by atoms with Crippen LogP contribution in [0.5, 0.6) is 0 Å². The number of nitrogens with two attached hydrogens (primary N) is 1. The minimum absolute atomic E-state index is 0.135. The van der Waals surface area contributed by atoms with Crippen LogP contribution in [-0.4, -0.2) is 30.3 Å². The Kier molecular flexibility index (Phi) is 2.67. The fraction of sp³-hybridized carbons (Fsp3) is 0.500. The van der Waals surface area contributed by atoms with E-state index in [0.717, 1.165) is 5.13 Å². The molecule has 0 fully saturated rings. The topological polar surface area (TPSA) is 62.4 Å². The van der Waals surface area contributed by atoms with Crippen LogP contribution in [-0.2, 0) is 0 Å². The third kappa shape index (κ3) is 2.06. The SMILES string of the molecule is CN(CCO)c1ncc(N)s1. The molecule has 0 aliphatic heterocycles. The largest absolute Gasteiger partial charge is 0.395 e. The van der Waals surface area contributed by atoms with Gasteiger partial charge in [0.05, 0.1) is 12.8 Å². The lowest BCUT2D eigenvalue weighted by atomic mass is 10.6. The molecule has 3 N–H and O–H groups in total. The second kappa shape index (κ2) is 3.54. The Hall–Kier alpha value is -0.810. The maximum Gasteiger partial charge on any atom is 0.187 e. The van der Waals surface area contributed by atoms with Gasteiger partial charge >= 0.3 is 0 Å². The van der Waals surface area contributed by atoms with Gasteiger partial charge in [0.2, 0.25) is 0 Å². The van der Waals surface area contributed by atoms with Crippen LogP contribution < -0.4 is 10.6 Å². The van der Waals surface area contributed by atoms with E-state index >= 15 is 0 Å². The van der Waals surface area contributed by atoms with Gasteiger partial charge in [0.25, 0.3) is 0 Å². The molecule has 0 aliphatic rings. The highest BCUT2D eigenvalue weighted by Gasteiger charge is 2.03. The van der Waals surface area contributed by atoms with E-state index in [1.807, 2.05) is 11.9 Å². The third-order valence-corrected chi connectivity index (χ3v) is 2.21. The van der Waals surface area contributed by atoms with Crippen LogP contribution in [0.1, 0.15) is 0 Å². The number of nitrogens with zero attached hydrogens (tertiary/aromatic N) is 2. The summed E-state index contributed by atoms with van der Waals surface area (Å²) < 4.78 is 0. The van der Waals surface area contributed by atoms with Crippen molar-refractivity contribution in [1.82, 2.24) is 4.98 Å². The van der Waals surface area contributed by atoms with Crippen molar-refractivity contribution < 1.29 is 5.11 Å². The minimum atomic E-state index is 0.135. The Balaban J connectivity index is 2.60. The summed E-state index contributed by atoms with van der Waals surface area (Å²) >= 11 is 1.42. The van der Waals surface area contributed by atoms with Gasteiger partial charge in [-0.05, 0) is 0 Å². The van der Waals surface area contributed by atoms with Crippen LogP contribution in [0.2, 0.25) is 0 Å². The van der Waals surface area contributed by atoms with E-state index in [9.17, 15) is 0 Å². The number of thiazole rings is 1. The van der Waals surface area contributed by atoms with Gasteiger partial charge in [0.15, 0.2) is 5.13 Å². The first kappa shape index (κ1) is 8.29. The summed E-state index contributed by atoms with van der Waals surface area (Å²) in [7, 11) is 1.87.